The summed E-state index contributed by atoms with van der Waals surface area (Å²) in [6.07, 6.45) is 3.23. The number of allylic oxidation sites excluding steroid dienone is 1. The molecular weight excluding hydrogens is 296 g/mol. The van der Waals surface area contributed by atoms with E-state index in [9.17, 15) is 0 Å². The van der Waals surface area contributed by atoms with E-state index in [1.807, 2.05) is 19.9 Å². The number of methoxy groups -OCH3 is 1. The number of hydrogen-bond acceptors (Lipinski definition) is 7. The molecular formula is C15H22N6O2. The predicted molar refractivity (Wildman–Crippen MR) is 90.8 cm³/mol. The highest BCUT2D eigenvalue weighted by Crippen LogP contribution is 2.23. The molecule has 0 amide bonds. The molecule has 2 rings (SSSR count). The minimum absolute atomic E-state index is 0.390. The van der Waals surface area contributed by atoms with Crippen molar-refractivity contribution in [2.45, 2.75) is 13.8 Å². The molecule has 0 fully saturated rings. The van der Waals surface area contributed by atoms with Gasteiger partial charge in [0.15, 0.2) is 0 Å². The highest BCUT2D eigenvalue weighted by molar-refractivity contribution is 6.00. The van der Waals surface area contributed by atoms with Crippen LogP contribution in [0.25, 0.3) is 11.0 Å². The highest BCUT2D eigenvalue weighted by Gasteiger charge is 2.11. The number of aromatic nitrogens is 3. The zero-order valence-corrected chi connectivity index (χ0v) is 13.6. The van der Waals surface area contributed by atoms with E-state index in [-0.39, 0.29) is 0 Å². The molecule has 8 heteroatoms. The Hall–Kier alpha value is -2.61. The van der Waals surface area contributed by atoms with Gasteiger partial charge in [0.25, 0.3) is 0 Å². The lowest BCUT2D eigenvalue weighted by Crippen LogP contribution is -2.14. The monoisotopic (exact) mass is 318 g/mol. The molecule has 8 nitrogen and oxygen atoms in total. The van der Waals surface area contributed by atoms with Crippen LogP contribution in [0.15, 0.2) is 29.2 Å². The van der Waals surface area contributed by atoms with Crippen molar-refractivity contribution >= 4 is 22.7 Å². The molecule has 0 aliphatic heterocycles. The Labute approximate surface area is 134 Å². The third-order valence-corrected chi connectivity index (χ3v) is 3.11. The highest BCUT2D eigenvalue weighted by atomic mass is 16.5. The first kappa shape index (κ1) is 16.8. The number of ether oxygens (including phenoxy) is 2. The number of nitrogens with zero attached hydrogens (tertiary/aromatic N) is 3. The molecule has 2 heterocycles. The fourth-order valence-electron chi connectivity index (χ4n) is 1.98. The molecule has 4 N–H and O–H groups in total. The van der Waals surface area contributed by atoms with Crippen molar-refractivity contribution in [1.82, 2.24) is 15.0 Å². The summed E-state index contributed by atoms with van der Waals surface area (Å²) in [5.74, 6) is 0.910. The van der Waals surface area contributed by atoms with Crippen LogP contribution in [0.1, 0.15) is 13.8 Å². The lowest BCUT2D eigenvalue weighted by atomic mass is 10.3. The second-order valence-corrected chi connectivity index (χ2v) is 4.69. The summed E-state index contributed by atoms with van der Waals surface area (Å²) < 4.78 is 10.5. The molecule has 0 radical (unpaired) electrons. The summed E-state index contributed by atoms with van der Waals surface area (Å²) in [5.41, 5.74) is 7.76. The van der Waals surface area contributed by atoms with Crippen molar-refractivity contribution < 1.29 is 9.47 Å². The van der Waals surface area contributed by atoms with Crippen molar-refractivity contribution in [3.8, 4) is 5.88 Å². The van der Waals surface area contributed by atoms with Gasteiger partial charge < -0.3 is 25.5 Å². The van der Waals surface area contributed by atoms with Crippen molar-refractivity contribution in [1.29, 1.82) is 0 Å². The van der Waals surface area contributed by atoms with Gasteiger partial charge in [0.05, 0.1) is 36.6 Å². The van der Waals surface area contributed by atoms with Crippen LogP contribution >= 0.6 is 0 Å². The van der Waals surface area contributed by atoms with Crippen molar-refractivity contribution in [3.63, 3.8) is 0 Å². The molecule has 0 unspecified atom stereocenters. The van der Waals surface area contributed by atoms with Crippen molar-refractivity contribution in [3.05, 3.63) is 24.2 Å². The summed E-state index contributed by atoms with van der Waals surface area (Å²) in [4.78, 5) is 16.2. The molecule has 0 aromatic carbocycles. The standard InChI is InChI=1S/C15H22N6O2/c1-4-23-14-11-5-6-18-13(11)20-15(21-14)19-12(9-16)10(2)17-7-8-22-3/h5-6,9H,4,7-8,16H2,1-3H3,(H2,18,19,20,21). The summed E-state index contributed by atoms with van der Waals surface area (Å²) >= 11 is 0. The van der Waals surface area contributed by atoms with E-state index in [0.717, 1.165) is 11.1 Å². The van der Waals surface area contributed by atoms with Gasteiger partial charge in [-0.05, 0) is 19.9 Å². The summed E-state index contributed by atoms with van der Waals surface area (Å²) in [6, 6.07) is 1.88. The second kappa shape index (κ2) is 8.14. The molecule has 124 valence electrons. The Morgan fingerprint density at radius 3 is 3.00 bits per heavy atom. The summed E-state index contributed by atoms with van der Waals surface area (Å²) in [7, 11) is 1.64. The number of aliphatic imine (C=N–C) groups is 1. The van der Waals surface area contributed by atoms with Crippen LogP contribution in [0.4, 0.5) is 5.95 Å². The Bertz CT molecular complexity index is 707. The first-order chi connectivity index (χ1) is 11.2. The van der Waals surface area contributed by atoms with Gasteiger partial charge in [-0.25, -0.2) is 0 Å². The van der Waals surface area contributed by atoms with Crippen LogP contribution in [0, 0.1) is 0 Å². The molecule has 23 heavy (non-hydrogen) atoms. The lowest BCUT2D eigenvalue weighted by Gasteiger charge is -2.11. The van der Waals surface area contributed by atoms with Crippen LogP contribution in [0.5, 0.6) is 5.88 Å². The van der Waals surface area contributed by atoms with Gasteiger partial charge in [-0.15, -0.1) is 0 Å². The molecule has 2 aromatic rings. The minimum atomic E-state index is 0.390. The van der Waals surface area contributed by atoms with Gasteiger partial charge in [0.2, 0.25) is 11.8 Å². The first-order valence-electron chi connectivity index (χ1n) is 7.36. The number of fused-ring (bicyclic) bond motifs is 1. The average Bonchev–Trinajstić information content (AvgIpc) is 3.01. The molecule has 0 saturated heterocycles. The maximum Gasteiger partial charge on any atom is 0.232 e. The molecule has 0 aliphatic rings. The van der Waals surface area contributed by atoms with Gasteiger partial charge in [-0.3, -0.25) is 4.99 Å². The average molecular weight is 318 g/mol. The topological polar surface area (TPSA) is 110 Å². The van der Waals surface area contributed by atoms with Gasteiger partial charge in [0, 0.05) is 19.5 Å². The van der Waals surface area contributed by atoms with E-state index >= 15 is 0 Å². The van der Waals surface area contributed by atoms with E-state index in [0.29, 0.717) is 42.9 Å². The lowest BCUT2D eigenvalue weighted by molar-refractivity contribution is 0.208. The van der Waals surface area contributed by atoms with Crippen molar-refractivity contribution in [2.75, 3.05) is 32.2 Å². The molecule has 0 bridgehead atoms. The number of nitrogens with one attached hydrogen (secondary N) is 2. The Balaban J connectivity index is 2.24. The summed E-state index contributed by atoms with van der Waals surface area (Å²) in [6.45, 7) is 5.40. The zero-order valence-electron chi connectivity index (χ0n) is 13.6. The zero-order chi connectivity index (χ0) is 16.7. The normalized spacial score (nSPS) is 12.7. The van der Waals surface area contributed by atoms with Crippen molar-refractivity contribution in [2.24, 2.45) is 10.7 Å². The van der Waals surface area contributed by atoms with E-state index < -0.39 is 0 Å². The first-order valence-corrected chi connectivity index (χ1v) is 7.36. The third kappa shape index (κ3) is 4.19. The number of aromatic amines is 1. The maximum atomic E-state index is 5.68. The van der Waals surface area contributed by atoms with E-state index in [4.69, 9.17) is 15.2 Å². The quantitative estimate of drug-likeness (QED) is 0.504. The Kier molecular flexibility index (Phi) is 5.93. The predicted octanol–water partition coefficient (Wildman–Crippen LogP) is 1.68. The van der Waals surface area contributed by atoms with Gasteiger partial charge in [-0.1, -0.05) is 0 Å². The van der Waals surface area contributed by atoms with Gasteiger partial charge >= 0.3 is 0 Å². The molecule has 0 saturated carbocycles. The molecule has 0 spiro atoms. The number of hydrogen-bond donors (Lipinski definition) is 3. The number of rotatable bonds is 8. The maximum absolute atomic E-state index is 5.68. The van der Waals surface area contributed by atoms with E-state index in [1.54, 1.807) is 13.3 Å². The number of anilines is 1. The second-order valence-electron chi connectivity index (χ2n) is 4.69. The van der Waals surface area contributed by atoms with E-state index in [2.05, 4.69) is 25.3 Å². The third-order valence-electron chi connectivity index (χ3n) is 3.11. The fraction of sp³-hybridized carbons (Fsp3) is 0.400. The summed E-state index contributed by atoms with van der Waals surface area (Å²) in [5, 5.41) is 3.91. The fourth-order valence-corrected chi connectivity index (χ4v) is 1.98. The SMILES string of the molecule is CCOc1nc(NC(=CN)C(C)=NCCOC)nc2[nH]ccc12. The number of nitrogens with two attached hydrogens (primary N) is 1. The van der Waals surface area contributed by atoms with Crippen LogP contribution < -0.4 is 15.8 Å². The van der Waals surface area contributed by atoms with Crippen LogP contribution in [-0.4, -0.2) is 47.5 Å². The Morgan fingerprint density at radius 2 is 2.30 bits per heavy atom. The molecule has 0 atom stereocenters. The van der Waals surface area contributed by atoms with Crippen LogP contribution in [-0.2, 0) is 4.74 Å². The molecule has 0 aliphatic carbocycles. The molecule has 2 aromatic heterocycles. The number of H-pyrrole nitrogens is 1. The van der Waals surface area contributed by atoms with Gasteiger partial charge in [0.1, 0.15) is 5.65 Å². The van der Waals surface area contributed by atoms with E-state index in [1.165, 1.54) is 6.20 Å². The van der Waals surface area contributed by atoms with Crippen LogP contribution in [0.2, 0.25) is 0 Å². The van der Waals surface area contributed by atoms with Crippen LogP contribution in [0.3, 0.4) is 0 Å². The van der Waals surface area contributed by atoms with Gasteiger partial charge in [-0.2, -0.15) is 9.97 Å². The largest absolute Gasteiger partial charge is 0.477 e. The smallest absolute Gasteiger partial charge is 0.232 e. The minimum Gasteiger partial charge on any atom is -0.477 e. The Morgan fingerprint density at radius 1 is 1.48 bits per heavy atom.